The fraction of sp³-hybridized carbons (Fsp3) is 0.263. The number of fused-ring (bicyclic) bond motifs is 1. The molecular formula is C19H21N9O2. The van der Waals surface area contributed by atoms with Crippen LogP contribution in [-0.2, 0) is 18.8 Å². The molecule has 4 aromatic heterocycles. The van der Waals surface area contributed by atoms with E-state index in [1.54, 1.807) is 34.9 Å². The molecule has 154 valence electrons. The van der Waals surface area contributed by atoms with Gasteiger partial charge in [0.05, 0.1) is 47.0 Å². The Morgan fingerprint density at radius 1 is 1.03 bits per heavy atom. The number of ether oxygens (including phenoxy) is 1. The molecule has 4 heterocycles. The van der Waals surface area contributed by atoms with Crippen LogP contribution in [0, 0.1) is 13.8 Å². The molecular weight excluding hydrogens is 386 g/mol. The van der Waals surface area contributed by atoms with Gasteiger partial charge in [-0.15, -0.1) is 0 Å². The van der Waals surface area contributed by atoms with E-state index in [2.05, 4.69) is 35.8 Å². The molecule has 0 amide bonds. The van der Waals surface area contributed by atoms with E-state index >= 15 is 0 Å². The highest BCUT2D eigenvalue weighted by Crippen LogP contribution is 2.27. The van der Waals surface area contributed by atoms with Crippen LogP contribution in [0.3, 0.4) is 0 Å². The Bertz CT molecular complexity index is 1260. The molecule has 11 heteroatoms. The molecule has 0 aromatic carbocycles. The van der Waals surface area contributed by atoms with Crippen molar-refractivity contribution in [3.05, 3.63) is 41.6 Å². The summed E-state index contributed by atoms with van der Waals surface area (Å²) in [6, 6.07) is 1.68. The summed E-state index contributed by atoms with van der Waals surface area (Å²) in [5, 5.41) is 15.8. The number of hydrogen-bond acceptors (Lipinski definition) is 9. The van der Waals surface area contributed by atoms with Crippen molar-refractivity contribution in [1.82, 2.24) is 34.5 Å². The minimum Gasteiger partial charge on any atom is -0.465 e. The largest absolute Gasteiger partial charge is 0.465 e. The van der Waals surface area contributed by atoms with Crippen LogP contribution >= 0.6 is 0 Å². The first-order valence-corrected chi connectivity index (χ1v) is 9.14. The second kappa shape index (κ2) is 7.43. The number of anilines is 4. The van der Waals surface area contributed by atoms with Gasteiger partial charge >= 0.3 is 5.97 Å². The first kappa shape index (κ1) is 19.3. The lowest BCUT2D eigenvalue weighted by Gasteiger charge is -2.08. The predicted molar refractivity (Wildman–Crippen MR) is 111 cm³/mol. The van der Waals surface area contributed by atoms with Gasteiger partial charge in [-0.2, -0.15) is 15.2 Å². The first-order chi connectivity index (χ1) is 14.4. The minimum absolute atomic E-state index is 0.348. The van der Waals surface area contributed by atoms with E-state index in [0.29, 0.717) is 34.4 Å². The van der Waals surface area contributed by atoms with Gasteiger partial charge in [0, 0.05) is 26.5 Å². The van der Waals surface area contributed by atoms with E-state index < -0.39 is 5.97 Å². The maximum absolute atomic E-state index is 11.8. The highest BCUT2D eigenvalue weighted by molar-refractivity contribution is 5.92. The highest BCUT2D eigenvalue weighted by atomic mass is 16.5. The van der Waals surface area contributed by atoms with E-state index in [-0.39, 0.29) is 0 Å². The number of nitrogens with zero attached hydrogens (tertiary/aromatic N) is 7. The van der Waals surface area contributed by atoms with Crippen LogP contribution in [0.2, 0.25) is 0 Å². The van der Waals surface area contributed by atoms with Crippen molar-refractivity contribution in [2.24, 2.45) is 14.1 Å². The maximum Gasteiger partial charge on any atom is 0.339 e. The molecule has 0 aliphatic carbocycles. The van der Waals surface area contributed by atoms with Crippen LogP contribution in [0.25, 0.3) is 11.0 Å². The van der Waals surface area contributed by atoms with Crippen molar-refractivity contribution in [2.75, 3.05) is 17.7 Å². The number of aryl methyl sites for hydroxylation is 3. The molecule has 4 rings (SSSR count). The molecule has 4 aromatic rings. The van der Waals surface area contributed by atoms with Crippen molar-refractivity contribution in [1.29, 1.82) is 0 Å². The zero-order valence-corrected chi connectivity index (χ0v) is 17.3. The number of pyridine rings is 1. The van der Waals surface area contributed by atoms with Crippen molar-refractivity contribution >= 4 is 40.1 Å². The fourth-order valence-electron chi connectivity index (χ4n) is 2.95. The summed E-state index contributed by atoms with van der Waals surface area (Å²) in [5.74, 6) is 0.545. The number of methoxy groups -OCH3 is 1. The average molecular weight is 407 g/mol. The summed E-state index contributed by atoms with van der Waals surface area (Å²) < 4.78 is 8.20. The van der Waals surface area contributed by atoms with Gasteiger partial charge in [0.2, 0.25) is 5.95 Å². The quantitative estimate of drug-likeness (QED) is 0.480. The van der Waals surface area contributed by atoms with Gasteiger partial charge in [0.15, 0.2) is 11.5 Å². The summed E-state index contributed by atoms with van der Waals surface area (Å²) in [6.45, 7) is 3.79. The third-order valence-corrected chi connectivity index (χ3v) is 4.82. The summed E-state index contributed by atoms with van der Waals surface area (Å²) in [5.41, 5.74) is 4.16. The Hall–Kier alpha value is -4.02. The van der Waals surface area contributed by atoms with Gasteiger partial charge in [0.25, 0.3) is 0 Å². The maximum atomic E-state index is 11.8. The molecule has 0 atom stereocenters. The number of nitrogens with one attached hydrogen (secondary N) is 2. The second-order valence-corrected chi connectivity index (χ2v) is 6.77. The predicted octanol–water partition coefficient (Wildman–Crippen LogP) is 2.38. The third kappa shape index (κ3) is 3.41. The Morgan fingerprint density at radius 2 is 1.83 bits per heavy atom. The van der Waals surface area contributed by atoms with Gasteiger partial charge < -0.3 is 15.4 Å². The van der Waals surface area contributed by atoms with Crippen molar-refractivity contribution < 1.29 is 9.53 Å². The molecule has 0 bridgehead atoms. The van der Waals surface area contributed by atoms with Gasteiger partial charge in [-0.1, -0.05) is 0 Å². The highest BCUT2D eigenvalue weighted by Gasteiger charge is 2.15. The van der Waals surface area contributed by atoms with Crippen molar-refractivity contribution in [2.45, 2.75) is 13.8 Å². The standard InChI is InChI=1S/C19H21N9O2/c1-10-14(6-12(7-20-10)18(29)30-5)23-16-13-8-21-19(25-17(13)28(4)26-16)24-15-9-22-27(3)11(15)2/h6-9H,1-5H3,(H,23,26)(H,21,24,25). The molecule has 0 aliphatic heterocycles. The molecule has 0 fully saturated rings. The van der Waals surface area contributed by atoms with Gasteiger partial charge in [-0.25, -0.2) is 14.5 Å². The molecule has 2 N–H and O–H groups in total. The van der Waals surface area contributed by atoms with Crippen molar-refractivity contribution in [3.63, 3.8) is 0 Å². The van der Waals surface area contributed by atoms with Crippen molar-refractivity contribution in [3.8, 4) is 0 Å². The number of carbonyl (C=O) groups excluding carboxylic acids is 1. The molecule has 0 aliphatic rings. The van der Waals surface area contributed by atoms with Crippen LogP contribution in [0.1, 0.15) is 21.7 Å². The molecule has 0 saturated heterocycles. The van der Waals surface area contributed by atoms with E-state index in [1.165, 1.54) is 13.3 Å². The summed E-state index contributed by atoms with van der Waals surface area (Å²) in [6.07, 6.45) is 4.90. The number of carbonyl (C=O) groups is 1. The van der Waals surface area contributed by atoms with Gasteiger partial charge in [-0.05, 0) is 19.9 Å². The molecule has 30 heavy (non-hydrogen) atoms. The first-order valence-electron chi connectivity index (χ1n) is 9.14. The van der Waals surface area contributed by atoms with Crippen LogP contribution in [0.4, 0.5) is 23.1 Å². The molecule has 11 nitrogen and oxygen atoms in total. The average Bonchev–Trinajstić information content (AvgIpc) is 3.22. The molecule has 0 spiro atoms. The van der Waals surface area contributed by atoms with Gasteiger partial charge in [0.1, 0.15) is 0 Å². The van der Waals surface area contributed by atoms with E-state index in [9.17, 15) is 4.79 Å². The Labute approximate surface area is 172 Å². The minimum atomic E-state index is -0.457. The normalized spacial score (nSPS) is 11.0. The Kier molecular flexibility index (Phi) is 4.78. The number of rotatable bonds is 5. The summed E-state index contributed by atoms with van der Waals surface area (Å²) in [7, 11) is 5.00. The number of esters is 1. The zero-order valence-electron chi connectivity index (χ0n) is 17.3. The Balaban J connectivity index is 1.67. The Morgan fingerprint density at radius 3 is 2.53 bits per heavy atom. The SMILES string of the molecule is COC(=O)c1cnc(C)c(Nc2nn(C)c3nc(Nc4cnn(C)c4C)ncc23)c1. The van der Waals surface area contributed by atoms with E-state index in [1.807, 2.05) is 20.9 Å². The van der Waals surface area contributed by atoms with E-state index in [0.717, 1.165) is 16.8 Å². The fourth-order valence-corrected chi connectivity index (χ4v) is 2.95. The monoisotopic (exact) mass is 407 g/mol. The van der Waals surface area contributed by atoms with Crippen LogP contribution in [0.5, 0.6) is 0 Å². The zero-order chi connectivity index (χ0) is 21.4. The molecule has 0 radical (unpaired) electrons. The van der Waals surface area contributed by atoms with E-state index in [4.69, 9.17) is 4.74 Å². The van der Waals surface area contributed by atoms with Crippen LogP contribution in [-0.4, -0.2) is 47.6 Å². The lowest BCUT2D eigenvalue weighted by atomic mass is 10.2. The van der Waals surface area contributed by atoms with Gasteiger partial charge in [-0.3, -0.25) is 9.67 Å². The summed E-state index contributed by atoms with van der Waals surface area (Å²) >= 11 is 0. The topological polar surface area (TPSA) is 125 Å². The number of aromatic nitrogens is 7. The lowest BCUT2D eigenvalue weighted by Crippen LogP contribution is -2.05. The summed E-state index contributed by atoms with van der Waals surface area (Å²) in [4.78, 5) is 25.1. The number of hydrogen-bond donors (Lipinski definition) is 2. The lowest BCUT2D eigenvalue weighted by molar-refractivity contribution is 0.0600. The van der Waals surface area contributed by atoms with Crippen LogP contribution in [0.15, 0.2) is 24.7 Å². The smallest absolute Gasteiger partial charge is 0.339 e. The molecule has 0 unspecified atom stereocenters. The third-order valence-electron chi connectivity index (χ3n) is 4.82. The second-order valence-electron chi connectivity index (χ2n) is 6.77. The molecule has 0 saturated carbocycles. The van der Waals surface area contributed by atoms with Crippen LogP contribution < -0.4 is 10.6 Å².